The molecule has 0 atom stereocenters. The lowest BCUT2D eigenvalue weighted by Crippen LogP contribution is -2.30. The number of hydrogen-bond acceptors (Lipinski definition) is 4. The van der Waals surface area contributed by atoms with Crippen LogP contribution in [0.3, 0.4) is 0 Å². The van der Waals surface area contributed by atoms with E-state index in [1.54, 1.807) is 6.92 Å². The molecule has 0 unspecified atom stereocenters. The molecule has 0 aliphatic heterocycles. The fraction of sp³-hybridized carbons (Fsp3) is 0.200. The molecule has 0 spiro atoms. The Morgan fingerprint density at radius 1 is 0.870 bits per heavy atom. The Balaban J connectivity index is 2.32. The number of sulfonamides is 2. The molecule has 2 N–H and O–H groups in total. The Morgan fingerprint density at radius 3 is 1.87 bits per heavy atom. The molecule has 6 nitrogen and oxygen atoms in total. The van der Waals surface area contributed by atoms with Gasteiger partial charge >= 0.3 is 0 Å². The SMILES string of the molecule is CCN(Cc1ccccc1)S(=O)(=O)c1ccc(S(N)(=O)=O)cc1. The van der Waals surface area contributed by atoms with Crippen molar-refractivity contribution in [2.45, 2.75) is 23.3 Å². The fourth-order valence-corrected chi connectivity index (χ4v) is 4.06. The first-order valence-corrected chi connectivity index (χ1v) is 9.90. The van der Waals surface area contributed by atoms with E-state index in [4.69, 9.17) is 5.14 Å². The zero-order valence-electron chi connectivity index (χ0n) is 12.6. The summed E-state index contributed by atoms with van der Waals surface area (Å²) in [7, 11) is -7.56. The summed E-state index contributed by atoms with van der Waals surface area (Å²) in [6.45, 7) is 2.30. The molecule has 2 rings (SSSR count). The zero-order chi connectivity index (χ0) is 17.1. The smallest absolute Gasteiger partial charge is 0.225 e. The topological polar surface area (TPSA) is 97.5 Å². The lowest BCUT2D eigenvalue weighted by molar-refractivity contribution is 0.423. The average molecular weight is 354 g/mol. The summed E-state index contributed by atoms with van der Waals surface area (Å²) in [5.41, 5.74) is 0.874. The van der Waals surface area contributed by atoms with Gasteiger partial charge in [-0.3, -0.25) is 0 Å². The molecule has 0 saturated carbocycles. The normalized spacial score (nSPS) is 12.5. The Kier molecular flexibility index (Phi) is 5.20. The largest absolute Gasteiger partial charge is 0.243 e. The van der Waals surface area contributed by atoms with Gasteiger partial charge in [0.05, 0.1) is 9.79 Å². The summed E-state index contributed by atoms with van der Waals surface area (Å²) < 4.78 is 49.2. The van der Waals surface area contributed by atoms with Gasteiger partial charge in [0.25, 0.3) is 0 Å². The van der Waals surface area contributed by atoms with E-state index in [0.717, 1.165) is 5.56 Å². The minimum Gasteiger partial charge on any atom is -0.225 e. The Bertz CT molecular complexity index is 861. The van der Waals surface area contributed by atoms with Crippen LogP contribution in [-0.4, -0.2) is 27.7 Å². The number of nitrogens with two attached hydrogens (primary N) is 1. The molecule has 0 aromatic heterocycles. The standard InChI is InChI=1S/C15H18N2O4S2/c1-2-17(12-13-6-4-3-5-7-13)23(20,21)15-10-8-14(9-11-15)22(16,18)19/h3-11H,2,12H2,1H3,(H2,16,18,19). The van der Waals surface area contributed by atoms with Crippen molar-refractivity contribution in [3.63, 3.8) is 0 Å². The predicted molar refractivity (Wildman–Crippen MR) is 87.5 cm³/mol. The first-order valence-electron chi connectivity index (χ1n) is 6.92. The van der Waals surface area contributed by atoms with Gasteiger partial charge in [0.1, 0.15) is 0 Å². The van der Waals surface area contributed by atoms with Gasteiger partial charge in [-0.1, -0.05) is 37.3 Å². The molecule has 0 aliphatic carbocycles. The quantitative estimate of drug-likeness (QED) is 0.851. The molecule has 2 aromatic carbocycles. The van der Waals surface area contributed by atoms with Crippen LogP contribution in [0.1, 0.15) is 12.5 Å². The zero-order valence-corrected chi connectivity index (χ0v) is 14.2. The summed E-state index contributed by atoms with van der Waals surface area (Å²) in [5.74, 6) is 0. The predicted octanol–water partition coefficient (Wildman–Crippen LogP) is 1.54. The van der Waals surface area contributed by atoms with E-state index in [9.17, 15) is 16.8 Å². The third-order valence-electron chi connectivity index (χ3n) is 3.34. The van der Waals surface area contributed by atoms with Crippen LogP contribution >= 0.6 is 0 Å². The summed E-state index contributed by atoms with van der Waals surface area (Å²) in [4.78, 5) is -0.0924. The number of nitrogens with zero attached hydrogens (tertiary/aromatic N) is 1. The monoisotopic (exact) mass is 354 g/mol. The molecule has 0 amide bonds. The van der Waals surface area contributed by atoms with E-state index in [2.05, 4.69) is 0 Å². The molecule has 8 heteroatoms. The lowest BCUT2D eigenvalue weighted by Gasteiger charge is -2.20. The molecule has 0 radical (unpaired) electrons. The molecular formula is C15H18N2O4S2. The average Bonchev–Trinajstić information content (AvgIpc) is 2.52. The van der Waals surface area contributed by atoms with Crippen molar-refractivity contribution in [3.05, 3.63) is 60.2 Å². The van der Waals surface area contributed by atoms with Crippen molar-refractivity contribution in [2.75, 3.05) is 6.54 Å². The van der Waals surface area contributed by atoms with E-state index >= 15 is 0 Å². The van der Waals surface area contributed by atoms with Crippen LogP contribution in [0.5, 0.6) is 0 Å². The first-order chi connectivity index (χ1) is 10.7. The molecule has 0 aliphatic rings. The van der Waals surface area contributed by atoms with Gasteiger partial charge in [-0.25, -0.2) is 22.0 Å². The Morgan fingerprint density at radius 2 is 1.39 bits per heavy atom. The van der Waals surface area contributed by atoms with Gasteiger partial charge in [0, 0.05) is 13.1 Å². The molecule has 124 valence electrons. The maximum Gasteiger partial charge on any atom is 0.243 e. The van der Waals surface area contributed by atoms with Crippen molar-refractivity contribution < 1.29 is 16.8 Å². The summed E-state index contributed by atoms with van der Waals surface area (Å²) in [6, 6.07) is 14.1. The maximum atomic E-state index is 12.7. The highest BCUT2D eigenvalue weighted by atomic mass is 32.2. The van der Waals surface area contributed by atoms with Crippen molar-refractivity contribution in [2.24, 2.45) is 5.14 Å². The first kappa shape index (κ1) is 17.6. The van der Waals surface area contributed by atoms with Gasteiger partial charge in [0.15, 0.2) is 0 Å². The van der Waals surface area contributed by atoms with Gasteiger partial charge in [-0.15, -0.1) is 0 Å². The van der Waals surface area contributed by atoms with E-state index < -0.39 is 20.0 Å². The molecule has 0 bridgehead atoms. The highest BCUT2D eigenvalue weighted by Crippen LogP contribution is 2.19. The van der Waals surface area contributed by atoms with Crippen molar-refractivity contribution >= 4 is 20.0 Å². The van der Waals surface area contributed by atoms with Gasteiger partial charge < -0.3 is 0 Å². The maximum absolute atomic E-state index is 12.7. The number of primary sulfonamides is 1. The Hall–Kier alpha value is -1.74. The molecule has 2 aromatic rings. The van der Waals surface area contributed by atoms with Crippen LogP contribution in [0.25, 0.3) is 0 Å². The number of benzene rings is 2. The van der Waals surface area contributed by atoms with Crippen LogP contribution in [0.2, 0.25) is 0 Å². The van der Waals surface area contributed by atoms with Crippen LogP contribution in [-0.2, 0) is 26.6 Å². The molecular weight excluding hydrogens is 336 g/mol. The van der Waals surface area contributed by atoms with Crippen molar-refractivity contribution in [1.82, 2.24) is 4.31 Å². The number of rotatable bonds is 6. The van der Waals surface area contributed by atoms with Crippen LogP contribution in [0.4, 0.5) is 0 Å². The highest BCUT2D eigenvalue weighted by Gasteiger charge is 2.23. The third-order valence-corrected chi connectivity index (χ3v) is 6.21. The van der Waals surface area contributed by atoms with E-state index in [1.165, 1.54) is 28.6 Å². The van der Waals surface area contributed by atoms with Gasteiger partial charge in [0.2, 0.25) is 20.0 Å². The third kappa shape index (κ3) is 4.17. The second-order valence-corrected chi connectivity index (χ2v) is 8.43. The number of hydrogen-bond donors (Lipinski definition) is 1. The van der Waals surface area contributed by atoms with E-state index in [-0.39, 0.29) is 16.3 Å². The summed E-state index contributed by atoms with van der Waals surface area (Å²) >= 11 is 0. The summed E-state index contributed by atoms with van der Waals surface area (Å²) in [5, 5.41) is 5.02. The van der Waals surface area contributed by atoms with Gasteiger partial charge in [-0.2, -0.15) is 4.31 Å². The molecule has 0 heterocycles. The second kappa shape index (κ2) is 6.79. The molecule has 0 saturated heterocycles. The van der Waals surface area contributed by atoms with Crippen LogP contribution in [0, 0.1) is 0 Å². The van der Waals surface area contributed by atoms with E-state index in [0.29, 0.717) is 6.54 Å². The molecule has 0 fully saturated rings. The van der Waals surface area contributed by atoms with Gasteiger partial charge in [-0.05, 0) is 29.8 Å². The second-order valence-electron chi connectivity index (χ2n) is 4.93. The minimum atomic E-state index is -3.85. The summed E-state index contributed by atoms with van der Waals surface area (Å²) in [6.07, 6.45) is 0. The Labute approximate surface area is 136 Å². The lowest BCUT2D eigenvalue weighted by atomic mass is 10.2. The van der Waals surface area contributed by atoms with Crippen LogP contribution < -0.4 is 5.14 Å². The van der Waals surface area contributed by atoms with Crippen molar-refractivity contribution in [3.8, 4) is 0 Å². The van der Waals surface area contributed by atoms with Crippen molar-refractivity contribution in [1.29, 1.82) is 0 Å². The van der Waals surface area contributed by atoms with Crippen LogP contribution in [0.15, 0.2) is 64.4 Å². The minimum absolute atomic E-state index is 0.0303. The fourth-order valence-electron chi connectivity index (χ4n) is 2.10. The van der Waals surface area contributed by atoms with E-state index in [1.807, 2.05) is 30.3 Å². The highest BCUT2D eigenvalue weighted by molar-refractivity contribution is 7.89. The molecule has 23 heavy (non-hydrogen) atoms.